The molecule has 92 valence electrons. The number of ether oxygens (including phenoxy) is 1. The van der Waals surface area contributed by atoms with Crippen LogP contribution in [0.1, 0.15) is 19.4 Å². The number of rotatable bonds is 3. The maximum Gasteiger partial charge on any atom is 0.187 e. The maximum atomic E-state index is 11.9. The van der Waals surface area contributed by atoms with E-state index in [0.717, 1.165) is 11.1 Å². The predicted molar refractivity (Wildman–Crippen MR) is 67.2 cm³/mol. The maximum absolute atomic E-state index is 11.9. The van der Waals surface area contributed by atoms with Gasteiger partial charge in [-0.3, -0.25) is 0 Å². The lowest BCUT2D eigenvalue weighted by Crippen LogP contribution is -2.26. The Balaban J connectivity index is 2.08. The highest BCUT2D eigenvalue weighted by Gasteiger charge is 2.37. The largest absolute Gasteiger partial charge is 0.353 e. The second-order valence-electron chi connectivity index (χ2n) is 4.33. The molecule has 17 heavy (non-hydrogen) atoms. The van der Waals surface area contributed by atoms with Crippen molar-refractivity contribution in [3.05, 3.63) is 47.5 Å². The minimum Gasteiger partial charge on any atom is -0.353 e. The van der Waals surface area contributed by atoms with Crippen molar-refractivity contribution < 1.29 is 13.2 Å². The Morgan fingerprint density at radius 2 is 1.88 bits per heavy atom. The molecule has 0 unspecified atom stereocenters. The number of hydrogen-bond acceptors (Lipinski definition) is 3. The topological polar surface area (TPSA) is 43.4 Å². The van der Waals surface area contributed by atoms with Crippen LogP contribution in [-0.2, 0) is 21.2 Å². The van der Waals surface area contributed by atoms with Crippen molar-refractivity contribution in [2.75, 3.05) is 0 Å². The molecule has 2 rings (SSSR count). The fourth-order valence-electron chi connectivity index (χ4n) is 1.97. The van der Waals surface area contributed by atoms with Crippen LogP contribution in [0.15, 0.2) is 42.0 Å². The number of sulfone groups is 1. The Morgan fingerprint density at radius 1 is 1.24 bits per heavy atom. The van der Waals surface area contributed by atoms with Crippen molar-refractivity contribution in [2.45, 2.75) is 31.1 Å². The lowest BCUT2D eigenvalue weighted by molar-refractivity contribution is 0.114. The minimum atomic E-state index is -3.20. The molecule has 1 aromatic rings. The van der Waals surface area contributed by atoms with Gasteiger partial charge in [0.1, 0.15) is 0 Å². The van der Waals surface area contributed by atoms with Crippen LogP contribution in [-0.4, -0.2) is 19.1 Å². The second kappa shape index (κ2) is 4.63. The van der Waals surface area contributed by atoms with Gasteiger partial charge in [0, 0.05) is 0 Å². The van der Waals surface area contributed by atoms with Crippen LogP contribution in [0.5, 0.6) is 0 Å². The third-order valence-corrected chi connectivity index (χ3v) is 5.21. The van der Waals surface area contributed by atoms with Gasteiger partial charge in [0.05, 0.1) is 11.9 Å². The van der Waals surface area contributed by atoms with Crippen LogP contribution in [0.2, 0.25) is 0 Å². The zero-order chi connectivity index (χ0) is 12.5. The molecule has 0 fully saturated rings. The summed E-state index contributed by atoms with van der Waals surface area (Å²) in [6.07, 6.45) is 1.75. The quantitative estimate of drug-likeness (QED) is 0.775. The Hall–Kier alpha value is -1.13. The average Bonchev–Trinajstić information content (AvgIpc) is 2.48. The molecule has 0 saturated heterocycles. The van der Waals surface area contributed by atoms with Crippen molar-refractivity contribution in [3.8, 4) is 0 Å². The van der Waals surface area contributed by atoms with E-state index >= 15 is 0 Å². The van der Waals surface area contributed by atoms with E-state index in [4.69, 9.17) is 4.74 Å². The number of hydrogen-bond donors (Lipinski definition) is 0. The fourth-order valence-corrected chi connectivity index (χ4v) is 3.62. The summed E-state index contributed by atoms with van der Waals surface area (Å²) in [7, 11) is -3.20. The second-order valence-corrected chi connectivity index (χ2v) is 6.68. The summed E-state index contributed by atoms with van der Waals surface area (Å²) < 4.78 is 29.4. The SMILES string of the molecule is CC1=C[C@H](C)S(=O)(=O)[C@@H]1OCc1ccccc1. The molecule has 0 aromatic heterocycles. The lowest BCUT2D eigenvalue weighted by Gasteiger charge is -2.14. The normalized spacial score (nSPS) is 26.8. The van der Waals surface area contributed by atoms with Gasteiger partial charge >= 0.3 is 0 Å². The standard InChI is InChI=1S/C13H16O3S/c1-10-8-11(2)17(14,15)13(10)16-9-12-6-4-3-5-7-12/h3-8,11,13H,9H2,1-2H3/t11-,13-/m0/s1. The van der Waals surface area contributed by atoms with Crippen molar-refractivity contribution in [1.82, 2.24) is 0 Å². The summed E-state index contributed by atoms with van der Waals surface area (Å²) in [5, 5.41) is -0.441. The summed E-state index contributed by atoms with van der Waals surface area (Å²) >= 11 is 0. The van der Waals surface area contributed by atoms with Crippen molar-refractivity contribution in [1.29, 1.82) is 0 Å². The first-order valence-electron chi connectivity index (χ1n) is 5.58. The summed E-state index contributed by atoms with van der Waals surface area (Å²) in [6, 6.07) is 9.58. The Bertz CT molecular complexity index is 517. The van der Waals surface area contributed by atoms with E-state index in [-0.39, 0.29) is 0 Å². The summed E-state index contributed by atoms with van der Waals surface area (Å²) in [4.78, 5) is 0. The zero-order valence-corrected chi connectivity index (χ0v) is 10.8. The van der Waals surface area contributed by atoms with Crippen molar-refractivity contribution in [3.63, 3.8) is 0 Å². The highest BCUT2D eigenvalue weighted by atomic mass is 32.2. The van der Waals surface area contributed by atoms with E-state index in [0.29, 0.717) is 6.61 Å². The summed E-state index contributed by atoms with van der Waals surface area (Å²) in [6.45, 7) is 3.81. The molecule has 0 aliphatic carbocycles. The molecule has 1 heterocycles. The van der Waals surface area contributed by atoms with Crippen LogP contribution in [0.25, 0.3) is 0 Å². The first kappa shape index (κ1) is 12.3. The first-order chi connectivity index (χ1) is 8.01. The van der Waals surface area contributed by atoms with Gasteiger partial charge in [-0.05, 0) is 25.0 Å². The van der Waals surface area contributed by atoms with Gasteiger partial charge in [0.2, 0.25) is 0 Å². The van der Waals surface area contributed by atoms with Crippen molar-refractivity contribution >= 4 is 9.84 Å². The van der Waals surface area contributed by atoms with Gasteiger partial charge < -0.3 is 4.74 Å². The molecule has 1 aliphatic rings. The average molecular weight is 252 g/mol. The Kier molecular flexibility index (Phi) is 3.35. The van der Waals surface area contributed by atoms with E-state index in [1.165, 1.54) is 0 Å². The van der Waals surface area contributed by atoms with Crippen LogP contribution in [0, 0.1) is 0 Å². The monoisotopic (exact) mass is 252 g/mol. The van der Waals surface area contributed by atoms with Gasteiger partial charge in [0.15, 0.2) is 15.3 Å². The minimum absolute atomic E-state index is 0.322. The van der Waals surface area contributed by atoms with Crippen LogP contribution in [0.3, 0.4) is 0 Å². The van der Waals surface area contributed by atoms with E-state index in [9.17, 15) is 8.42 Å². The van der Waals surface area contributed by atoms with E-state index < -0.39 is 20.5 Å². The van der Waals surface area contributed by atoms with Gasteiger partial charge in [-0.25, -0.2) is 8.42 Å². The number of benzene rings is 1. The lowest BCUT2D eigenvalue weighted by atomic mass is 10.2. The predicted octanol–water partition coefficient (Wildman–Crippen LogP) is 2.29. The molecule has 4 heteroatoms. The molecule has 0 spiro atoms. The molecule has 0 saturated carbocycles. The summed E-state index contributed by atoms with van der Waals surface area (Å²) in [5.74, 6) is 0. The molecule has 1 aromatic carbocycles. The van der Waals surface area contributed by atoms with Gasteiger partial charge in [-0.2, -0.15) is 0 Å². The molecular weight excluding hydrogens is 236 g/mol. The Labute approximate surface area is 102 Å². The van der Waals surface area contributed by atoms with Gasteiger partial charge in [-0.15, -0.1) is 0 Å². The van der Waals surface area contributed by atoms with Crippen LogP contribution >= 0.6 is 0 Å². The molecule has 0 bridgehead atoms. The molecule has 0 radical (unpaired) electrons. The summed E-state index contributed by atoms with van der Waals surface area (Å²) in [5.41, 5.74) is 0.987. The van der Waals surface area contributed by atoms with E-state index in [1.807, 2.05) is 30.3 Å². The molecule has 1 aliphatic heterocycles. The zero-order valence-electron chi connectivity index (χ0n) is 9.96. The highest BCUT2D eigenvalue weighted by molar-refractivity contribution is 7.93. The van der Waals surface area contributed by atoms with Crippen LogP contribution in [0.4, 0.5) is 0 Å². The third-order valence-electron chi connectivity index (χ3n) is 2.93. The van der Waals surface area contributed by atoms with Gasteiger partial charge in [-0.1, -0.05) is 36.4 Å². The van der Waals surface area contributed by atoms with Gasteiger partial charge in [0.25, 0.3) is 0 Å². The molecular formula is C13H16O3S. The Morgan fingerprint density at radius 3 is 2.41 bits per heavy atom. The molecule has 0 N–H and O–H groups in total. The van der Waals surface area contributed by atoms with Crippen molar-refractivity contribution in [2.24, 2.45) is 0 Å². The first-order valence-corrected chi connectivity index (χ1v) is 7.19. The third kappa shape index (κ3) is 2.42. The highest BCUT2D eigenvalue weighted by Crippen LogP contribution is 2.28. The molecule has 2 atom stereocenters. The van der Waals surface area contributed by atoms with E-state index in [1.54, 1.807) is 19.9 Å². The molecule has 0 amide bonds. The van der Waals surface area contributed by atoms with E-state index in [2.05, 4.69) is 0 Å². The van der Waals surface area contributed by atoms with Crippen LogP contribution < -0.4 is 0 Å². The smallest absolute Gasteiger partial charge is 0.187 e. The fraction of sp³-hybridized carbons (Fsp3) is 0.385. The molecule has 3 nitrogen and oxygen atoms in total.